The molecule has 0 atom stereocenters. The smallest absolute Gasteiger partial charge is 0.162 e. The van der Waals surface area contributed by atoms with E-state index in [9.17, 15) is 0 Å². The molecule has 0 bridgehead atoms. The van der Waals surface area contributed by atoms with Gasteiger partial charge in [0.15, 0.2) is 11.5 Å². The Kier molecular flexibility index (Phi) is 5.07. The highest BCUT2D eigenvalue weighted by Crippen LogP contribution is 2.38. The number of nitrogen functional groups attached to an aromatic ring is 1. The van der Waals surface area contributed by atoms with E-state index < -0.39 is 0 Å². The zero-order valence-corrected chi connectivity index (χ0v) is 16.3. The normalized spacial score (nSPS) is 10.6. The minimum Gasteiger partial charge on any atom is -0.493 e. The molecule has 0 radical (unpaired) electrons. The van der Waals surface area contributed by atoms with Gasteiger partial charge in [-0.25, -0.2) is 0 Å². The van der Waals surface area contributed by atoms with Crippen LogP contribution in [0.25, 0.3) is 10.9 Å². The van der Waals surface area contributed by atoms with Crippen molar-refractivity contribution >= 4 is 39.3 Å². The van der Waals surface area contributed by atoms with Crippen LogP contribution < -0.4 is 25.8 Å². The molecule has 0 aliphatic heterocycles. The number of ether oxygens (including phenoxy) is 2. The lowest BCUT2D eigenvalue weighted by Gasteiger charge is -2.15. The Morgan fingerprint density at radius 2 is 1.34 bits per heavy atom. The molecule has 29 heavy (non-hydrogen) atoms. The van der Waals surface area contributed by atoms with Crippen molar-refractivity contribution < 1.29 is 9.47 Å². The van der Waals surface area contributed by atoms with Crippen molar-refractivity contribution in [2.75, 3.05) is 30.6 Å². The van der Waals surface area contributed by atoms with E-state index in [1.807, 2.05) is 66.7 Å². The van der Waals surface area contributed by atoms with Gasteiger partial charge in [-0.2, -0.15) is 0 Å². The average molecular weight is 386 g/mol. The van der Waals surface area contributed by atoms with Gasteiger partial charge in [-0.15, -0.1) is 0 Å². The molecule has 4 rings (SSSR count). The SMILES string of the molecule is COc1cc2ncc(N)c(Nc3ccc(Nc4ccccc4)cc3)c2cc1OC. The lowest BCUT2D eigenvalue weighted by atomic mass is 10.1. The number of aromatic nitrogens is 1. The predicted octanol–water partition coefficient (Wildman–Crippen LogP) is 5.32. The topological polar surface area (TPSA) is 81.4 Å². The fourth-order valence-electron chi connectivity index (χ4n) is 3.14. The molecule has 6 nitrogen and oxygen atoms in total. The number of fused-ring (bicyclic) bond motifs is 1. The molecule has 146 valence electrons. The van der Waals surface area contributed by atoms with E-state index in [1.165, 1.54) is 0 Å². The zero-order chi connectivity index (χ0) is 20.2. The minimum absolute atomic E-state index is 0.552. The van der Waals surface area contributed by atoms with Crippen LogP contribution in [0.15, 0.2) is 72.9 Å². The van der Waals surface area contributed by atoms with E-state index in [0.29, 0.717) is 17.2 Å². The summed E-state index contributed by atoms with van der Waals surface area (Å²) in [5, 5.41) is 7.63. The van der Waals surface area contributed by atoms with Crippen LogP contribution in [0.1, 0.15) is 0 Å². The van der Waals surface area contributed by atoms with Crippen LogP contribution in [0.3, 0.4) is 0 Å². The first kappa shape index (κ1) is 18.4. The number of anilines is 5. The third-order valence-electron chi connectivity index (χ3n) is 4.62. The summed E-state index contributed by atoms with van der Waals surface area (Å²) in [4.78, 5) is 4.42. The number of nitrogens with one attached hydrogen (secondary N) is 2. The first-order chi connectivity index (χ1) is 14.2. The van der Waals surface area contributed by atoms with Crippen molar-refractivity contribution in [3.05, 3.63) is 72.9 Å². The second-order valence-corrected chi connectivity index (χ2v) is 6.51. The Hall–Kier alpha value is -3.93. The van der Waals surface area contributed by atoms with Crippen molar-refractivity contribution in [3.8, 4) is 11.5 Å². The van der Waals surface area contributed by atoms with Crippen molar-refractivity contribution in [3.63, 3.8) is 0 Å². The molecule has 1 aromatic heterocycles. The average Bonchev–Trinajstić information content (AvgIpc) is 2.76. The van der Waals surface area contributed by atoms with Gasteiger partial charge in [0, 0.05) is 28.5 Å². The van der Waals surface area contributed by atoms with E-state index in [4.69, 9.17) is 15.2 Å². The van der Waals surface area contributed by atoms with Gasteiger partial charge in [0.25, 0.3) is 0 Å². The molecular weight excluding hydrogens is 364 g/mol. The minimum atomic E-state index is 0.552. The number of pyridine rings is 1. The maximum absolute atomic E-state index is 6.22. The molecule has 0 saturated carbocycles. The van der Waals surface area contributed by atoms with Gasteiger partial charge in [0.1, 0.15) is 0 Å². The summed E-state index contributed by atoms with van der Waals surface area (Å²) in [6.45, 7) is 0. The Balaban J connectivity index is 1.64. The second kappa shape index (κ2) is 7.98. The number of nitrogens with two attached hydrogens (primary N) is 1. The molecule has 0 spiro atoms. The van der Waals surface area contributed by atoms with Gasteiger partial charge in [0.05, 0.1) is 37.3 Å². The molecular formula is C23H22N4O2. The van der Waals surface area contributed by atoms with Crippen molar-refractivity contribution in [1.29, 1.82) is 0 Å². The monoisotopic (exact) mass is 386 g/mol. The Morgan fingerprint density at radius 3 is 2.00 bits per heavy atom. The summed E-state index contributed by atoms with van der Waals surface area (Å²) in [6.07, 6.45) is 1.64. The largest absolute Gasteiger partial charge is 0.493 e. The predicted molar refractivity (Wildman–Crippen MR) is 119 cm³/mol. The van der Waals surface area contributed by atoms with E-state index >= 15 is 0 Å². The third kappa shape index (κ3) is 3.87. The van der Waals surface area contributed by atoms with Crippen LogP contribution in [0.5, 0.6) is 11.5 Å². The summed E-state index contributed by atoms with van der Waals surface area (Å²) in [5.41, 5.74) is 11.3. The first-order valence-electron chi connectivity index (χ1n) is 9.17. The molecule has 4 aromatic rings. The number of benzene rings is 3. The number of nitrogens with zero attached hydrogens (tertiary/aromatic N) is 1. The molecule has 0 amide bonds. The Labute approximate surface area is 169 Å². The number of rotatable bonds is 6. The Morgan fingerprint density at radius 1 is 0.759 bits per heavy atom. The Bertz CT molecular complexity index is 1130. The van der Waals surface area contributed by atoms with Gasteiger partial charge < -0.3 is 25.8 Å². The highest BCUT2D eigenvalue weighted by atomic mass is 16.5. The summed E-state index contributed by atoms with van der Waals surface area (Å²) in [7, 11) is 3.21. The molecule has 0 aliphatic carbocycles. The highest BCUT2D eigenvalue weighted by Gasteiger charge is 2.13. The molecule has 6 heteroatoms. The maximum atomic E-state index is 6.22. The fourth-order valence-corrected chi connectivity index (χ4v) is 3.14. The van der Waals surface area contributed by atoms with Gasteiger partial charge >= 0.3 is 0 Å². The van der Waals surface area contributed by atoms with Gasteiger partial charge in [-0.05, 0) is 42.5 Å². The summed E-state index contributed by atoms with van der Waals surface area (Å²) in [6, 6.07) is 21.8. The lowest BCUT2D eigenvalue weighted by molar-refractivity contribution is 0.356. The van der Waals surface area contributed by atoms with Crippen molar-refractivity contribution in [2.45, 2.75) is 0 Å². The highest BCUT2D eigenvalue weighted by molar-refractivity contribution is 6.00. The number of hydrogen-bond donors (Lipinski definition) is 3. The van der Waals surface area contributed by atoms with E-state index in [-0.39, 0.29) is 0 Å². The van der Waals surface area contributed by atoms with Crippen LogP contribution in [0, 0.1) is 0 Å². The molecule has 1 heterocycles. The third-order valence-corrected chi connectivity index (χ3v) is 4.62. The second-order valence-electron chi connectivity index (χ2n) is 6.51. The number of methoxy groups -OCH3 is 2. The number of para-hydroxylation sites is 1. The van der Waals surface area contributed by atoms with Crippen LogP contribution in [0.4, 0.5) is 28.4 Å². The molecule has 0 fully saturated rings. The van der Waals surface area contributed by atoms with Crippen molar-refractivity contribution in [1.82, 2.24) is 4.98 Å². The molecule has 3 aromatic carbocycles. The van der Waals surface area contributed by atoms with Crippen LogP contribution in [-0.4, -0.2) is 19.2 Å². The van der Waals surface area contributed by atoms with E-state index in [0.717, 1.165) is 33.7 Å². The maximum Gasteiger partial charge on any atom is 0.162 e. The van der Waals surface area contributed by atoms with Crippen LogP contribution >= 0.6 is 0 Å². The summed E-state index contributed by atoms with van der Waals surface area (Å²) in [5.74, 6) is 1.25. The molecule has 0 aliphatic rings. The van der Waals surface area contributed by atoms with Gasteiger partial charge in [0.2, 0.25) is 0 Å². The van der Waals surface area contributed by atoms with Crippen LogP contribution in [0.2, 0.25) is 0 Å². The van der Waals surface area contributed by atoms with Gasteiger partial charge in [-0.3, -0.25) is 4.98 Å². The summed E-state index contributed by atoms with van der Waals surface area (Å²) >= 11 is 0. The molecule has 0 saturated heterocycles. The lowest BCUT2D eigenvalue weighted by Crippen LogP contribution is -2.00. The first-order valence-corrected chi connectivity index (χ1v) is 9.17. The summed E-state index contributed by atoms with van der Waals surface area (Å²) < 4.78 is 10.8. The van der Waals surface area contributed by atoms with E-state index in [2.05, 4.69) is 15.6 Å². The molecule has 4 N–H and O–H groups in total. The zero-order valence-electron chi connectivity index (χ0n) is 16.3. The standard InChI is InChI=1S/C23H22N4O2/c1-28-21-12-18-20(13-22(21)29-2)25-14-19(24)23(18)27-17-10-8-16(9-11-17)26-15-6-4-3-5-7-15/h3-14,26H,24H2,1-2H3,(H,25,27). The number of hydrogen-bond acceptors (Lipinski definition) is 6. The fraction of sp³-hybridized carbons (Fsp3) is 0.0870. The van der Waals surface area contributed by atoms with E-state index in [1.54, 1.807) is 20.4 Å². The van der Waals surface area contributed by atoms with Crippen molar-refractivity contribution in [2.24, 2.45) is 0 Å². The quantitative estimate of drug-likeness (QED) is 0.416. The van der Waals surface area contributed by atoms with Crippen LogP contribution in [-0.2, 0) is 0 Å². The molecule has 0 unspecified atom stereocenters. The van der Waals surface area contributed by atoms with Gasteiger partial charge in [-0.1, -0.05) is 18.2 Å².